The number of piperidine rings is 1. The number of aromatic nitrogens is 1. The number of aryl methyl sites for hydroxylation is 1. The van der Waals surface area contributed by atoms with Gasteiger partial charge in [0, 0.05) is 42.9 Å². The fraction of sp³-hybridized carbons (Fsp3) is 0.480. The summed E-state index contributed by atoms with van der Waals surface area (Å²) in [5.74, 6) is 0.450. The number of nitrogens with zero attached hydrogens (tertiary/aromatic N) is 3. The second-order valence-corrected chi connectivity index (χ2v) is 11.6. The van der Waals surface area contributed by atoms with Crippen LogP contribution in [0, 0.1) is 18.8 Å². The van der Waals surface area contributed by atoms with Crippen molar-refractivity contribution < 1.29 is 18.0 Å². The van der Waals surface area contributed by atoms with E-state index in [4.69, 9.17) is 0 Å². The minimum atomic E-state index is -3.67. The van der Waals surface area contributed by atoms with Crippen molar-refractivity contribution in [2.75, 3.05) is 23.3 Å². The number of nitrogens with one attached hydrogen (secondary N) is 1. The largest absolute Gasteiger partial charge is 0.310 e. The molecular formula is C25H30N4O4S. The number of fused-ring (bicyclic) bond motifs is 1. The quantitative estimate of drug-likeness (QED) is 0.706. The first kappa shape index (κ1) is 23.0. The number of hydrogen-bond donors (Lipinski definition) is 1. The zero-order chi connectivity index (χ0) is 24.0. The zero-order valence-corrected chi connectivity index (χ0v) is 20.3. The van der Waals surface area contributed by atoms with E-state index < -0.39 is 10.0 Å². The van der Waals surface area contributed by atoms with Gasteiger partial charge in [0.1, 0.15) is 5.82 Å². The number of anilines is 2. The van der Waals surface area contributed by atoms with Crippen LogP contribution in [0.15, 0.2) is 41.4 Å². The number of pyridine rings is 1. The third-order valence-electron chi connectivity index (χ3n) is 7.14. The molecule has 3 aliphatic rings. The Hall–Kier alpha value is -2.78. The minimum Gasteiger partial charge on any atom is -0.310 e. The van der Waals surface area contributed by atoms with Crippen LogP contribution in [-0.4, -0.2) is 48.7 Å². The monoisotopic (exact) mass is 482 g/mol. The topological polar surface area (TPSA) is 99.7 Å². The number of sulfonamides is 1. The molecule has 2 amide bonds. The van der Waals surface area contributed by atoms with Gasteiger partial charge in [0.15, 0.2) is 0 Å². The predicted octanol–water partition coefficient (Wildman–Crippen LogP) is 3.12. The molecule has 3 heterocycles. The standard InChI is InChI=1S/C25H30N4O4S/c1-16-4-3-11-26-23(16)27-24(30)18-9-12-28(13-10-18)34(32,33)21-7-8-22-20(15-21)14-17(2)29(22)25(31)19-5-6-19/h3-4,7-8,11,15,17-19H,5-6,9-10,12-14H2,1-2H3,(H,26,27,30). The second kappa shape index (κ2) is 8.78. The lowest BCUT2D eigenvalue weighted by atomic mass is 9.97. The molecule has 2 aliphatic heterocycles. The Morgan fingerprint density at radius 1 is 1.06 bits per heavy atom. The molecule has 1 aromatic carbocycles. The Morgan fingerprint density at radius 3 is 2.47 bits per heavy atom. The molecule has 8 nitrogen and oxygen atoms in total. The van der Waals surface area contributed by atoms with Gasteiger partial charge < -0.3 is 10.2 Å². The van der Waals surface area contributed by atoms with E-state index in [0.29, 0.717) is 38.2 Å². The molecule has 2 aromatic rings. The van der Waals surface area contributed by atoms with Gasteiger partial charge in [0.05, 0.1) is 4.90 Å². The van der Waals surface area contributed by atoms with E-state index in [2.05, 4.69) is 10.3 Å². The summed E-state index contributed by atoms with van der Waals surface area (Å²) in [5, 5.41) is 2.87. The van der Waals surface area contributed by atoms with Crippen LogP contribution < -0.4 is 10.2 Å². The van der Waals surface area contributed by atoms with E-state index in [-0.39, 0.29) is 34.6 Å². The Kier molecular flexibility index (Phi) is 5.93. The van der Waals surface area contributed by atoms with Crippen LogP contribution in [0.3, 0.4) is 0 Å². The molecule has 5 rings (SSSR count). The van der Waals surface area contributed by atoms with Crippen molar-refractivity contribution in [1.82, 2.24) is 9.29 Å². The van der Waals surface area contributed by atoms with Gasteiger partial charge in [0.2, 0.25) is 21.8 Å². The molecule has 9 heteroatoms. The second-order valence-electron chi connectivity index (χ2n) is 9.66. The van der Waals surface area contributed by atoms with Crippen LogP contribution in [0.1, 0.15) is 43.7 Å². The molecule has 1 N–H and O–H groups in total. The normalized spacial score (nSPS) is 21.4. The fourth-order valence-corrected chi connectivity index (χ4v) is 6.49. The molecule has 180 valence electrons. The maximum absolute atomic E-state index is 13.3. The van der Waals surface area contributed by atoms with Crippen molar-refractivity contribution in [3.05, 3.63) is 47.7 Å². The summed E-state index contributed by atoms with van der Waals surface area (Å²) >= 11 is 0. The lowest BCUT2D eigenvalue weighted by Gasteiger charge is -2.30. The van der Waals surface area contributed by atoms with Crippen molar-refractivity contribution in [3.8, 4) is 0 Å². The number of amides is 2. The Balaban J connectivity index is 1.26. The van der Waals surface area contributed by atoms with Crippen LogP contribution in [0.2, 0.25) is 0 Å². The molecule has 1 saturated carbocycles. The number of carbonyl (C=O) groups excluding carboxylic acids is 2. The Morgan fingerprint density at radius 2 is 1.79 bits per heavy atom. The molecule has 1 aromatic heterocycles. The SMILES string of the molecule is Cc1cccnc1NC(=O)C1CCN(S(=O)(=O)c2ccc3c(c2)CC(C)N3C(=O)C2CC2)CC1. The highest BCUT2D eigenvalue weighted by atomic mass is 32.2. The van der Waals surface area contributed by atoms with E-state index in [1.807, 2.05) is 30.9 Å². The molecular weight excluding hydrogens is 452 g/mol. The van der Waals surface area contributed by atoms with Crippen molar-refractivity contribution in [2.45, 2.75) is 56.9 Å². The van der Waals surface area contributed by atoms with E-state index in [9.17, 15) is 18.0 Å². The van der Waals surface area contributed by atoms with Gasteiger partial charge in [-0.25, -0.2) is 13.4 Å². The Labute approximate surface area is 200 Å². The van der Waals surface area contributed by atoms with E-state index >= 15 is 0 Å². The molecule has 0 radical (unpaired) electrons. The lowest BCUT2D eigenvalue weighted by molar-refractivity contribution is -0.121. The Bertz CT molecular complexity index is 1230. The minimum absolute atomic E-state index is 0.0399. The van der Waals surface area contributed by atoms with Crippen molar-refractivity contribution >= 4 is 33.3 Å². The zero-order valence-electron chi connectivity index (χ0n) is 19.5. The van der Waals surface area contributed by atoms with Gasteiger partial charge in [0.25, 0.3) is 0 Å². The first-order valence-electron chi connectivity index (χ1n) is 11.9. The smallest absolute Gasteiger partial charge is 0.243 e. The number of rotatable bonds is 5. The van der Waals surface area contributed by atoms with Gasteiger partial charge in [-0.15, -0.1) is 0 Å². The van der Waals surface area contributed by atoms with Crippen LogP contribution in [0.5, 0.6) is 0 Å². The highest BCUT2D eigenvalue weighted by Gasteiger charge is 2.40. The molecule has 1 saturated heterocycles. The summed E-state index contributed by atoms with van der Waals surface area (Å²) in [7, 11) is -3.67. The van der Waals surface area contributed by atoms with Gasteiger partial charge in [-0.2, -0.15) is 4.31 Å². The molecule has 1 unspecified atom stereocenters. The molecule has 0 bridgehead atoms. The molecule has 1 atom stereocenters. The molecule has 1 aliphatic carbocycles. The number of benzene rings is 1. The van der Waals surface area contributed by atoms with Crippen LogP contribution in [-0.2, 0) is 26.0 Å². The van der Waals surface area contributed by atoms with E-state index in [1.54, 1.807) is 24.4 Å². The third-order valence-corrected chi connectivity index (χ3v) is 9.04. The summed E-state index contributed by atoms with van der Waals surface area (Å²) in [5.41, 5.74) is 2.63. The van der Waals surface area contributed by atoms with Crippen molar-refractivity contribution in [3.63, 3.8) is 0 Å². The maximum atomic E-state index is 13.3. The van der Waals surface area contributed by atoms with Crippen LogP contribution in [0.25, 0.3) is 0 Å². The average molecular weight is 483 g/mol. The highest BCUT2D eigenvalue weighted by Crippen LogP contribution is 2.40. The van der Waals surface area contributed by atoms with Crippen LogP contribution >= 0.6 is 0 Å². The maximum Gasteiger partial charge on any atom is 0.243 e. The van der Waals surface area contributed by atoms with Gasteiger partial charge in [-0.05, 0) is 81.3 Å². The molecule has 34 heavy (non-hydrogen) atoms. The van der Waals surface area contributed by atoms with E-state index in [1.165, 1.54) is 4.31 Å². The van der Waals surface area contributed by atoms with Gasteiger partial charge in [-0.3, -0.25) is 9.59 Å². The molecule has 0 spiro atoms. The van der Waals surface area contributed by atoms with Crippen LogP contribution in [0.4, 0.5) is 11.5 Å². The average Bonchev–Trinajstić information content (AvgIpc) is 3.62. The summed E-state index contributed by atoms with van der Waals surface area (Å²) in [6.45, 7) is 4.48. The summed E-state index contributed by atoms with van der Waals surface area (Å²) in [4.78, 5) is 31.7. The summed E-state index contributed by atoms with van der Waals surface area (Å²) < 4.78 is 28.2. The first-order chi connectivity index (χ1) is 16.3. The number of hydrogen-bond acceptors (Lipinski definition) is 5. The highest BCUT2D eigenvalue weighted by molar-refractivity contribution is 7.89. The fourth-order valence-electron chi connectivity index (χ4n) is 4.97. The summed E-state index contributed by atoms with van der Waals surface area (Å²) in [6, 6.07) is 8.86. The molecule has 2 fully saturated rings. The number of carbonyl (C=O) groups is 2. The predicted molar refractivity (Wildman–Crippen MR) is 129 cm³/mol. The van der Waals surface area contributed by atoms with Crippen molar-refractivity contribution in [1.29, 1.82) is 0 Å². The van der Waals surface area contributed by atoms with E-state index in [0.717, 1.165) is 29.7 Å². The first-order valence-corrected chi connectivity index (χ1v) is 13.4. The third kappa shape index (κ3) is 4.22. The van der Waals surface area contributed by atoms with Crippen molar-refractivity contribution in [2.24, 2.45) is 11.8 Å². The van der Waals surface area contributed by atoms with Gasteiger partial charge in [-0.1, -0.05) is 6.07 Å². The van der Waals surface area contributed by atoms with Gasteiger partial charge >= 0.3 is 0 Å². The summed E-state index contributed by atoms with van der Waals surface area (Å²) in [6.07, 6.45) is 5.10. The lowest BCUT2D eigenvalue weighted by Crippen LogP contribution is -2.41.